The molecular weight excluding hydrogens is 470 g/mol. The fraction of sp³-hybridized carbons (Fsp3) is 0.267. The van der Waals surface area contributed by atoms with Crippen molar-refractivity contribution in [2.75, 3.05) is 20.3 Å². The second-order valence-corrected chi connectivity index (χ2v) is 9.28. The number of hydrogen-bond donors (Lipinski definition) is 1. The van der Waals surface area contributed by atoms with Crippen molar-refractivity contribution in [3.05, 3.63) is 95.1 Å². The Labute approximate surface area is 215 Å². The van der Waals surface area contributed by atoms with E-state index in [1.807, 2.05) is 61.5 Å². The van der Waals surface area contributed by atoms with Gasteiger partial charge in [-0.25, -0.2) is 0 Å². The molecule has 37 heavy (non-hydrogen) atoms. The summed E-state index contributed by atoms with van der Waals surface area (Å²) >= 11 is 0. The standard InChI is InChI=1S/C30H29NO6/c1-19-16-22-17-21(12-13-25(22)36-19)28(32)26-27(31(14-7-15-35-2)30(34)29(26)33)20-8-6-11-24(18-20)37-23-9-4-3-5-10-23/h3-6,8-13,17-19,27,32H,7,14-16H2,1-2H3/b28-26+. The predicted molar refractivity (Wildman–Crippen MR) is 139 cm³/mol. The zero-order chi connectivity index (χ0) is 25.9. The molecule has 3 aromatic rings. The lowest BCUT2D eigenvalue weighted by Crippen LogP contribution is -2.31. The van der Waals surface area contributed by atoms with Crippen LogP contribution in [0, 0.1) is 0 Å². The molecule has 0 saturated carbocycles. The van der Waals surface area contributed by atoms with Crippen molar-refractivity contribution in [3.8, 4) is 17.2 Å². The number of para-hydroxylation sites is 1. The molecule has 1 N–H and O–H groups in total. The number of aliphatic hydroxyl groups excluding tert-OH is 1. The zero-order valence-corrected chi connectivity index (χ0v) is 20.8. The molecule has 7 heteroatoms. The van der Waals surface area contributed by atoms with Crippen molar-refractivity contribution in [3.63, 3.8) is 0 Å². The van der Waals surface area contributed by atoms with E-state index in [0.29, 0.717) is 48.6 Å². The first-order chi connectivity index (χ1) is 18.0. The lowest BCUT2D eigenvalue weighted by Gasteiger charge is -2.25. The smallest absolute Gasteiger partial charge is 0.295 e. The maximum Gasteiger partial charge on any atom is 0.295 e. The van der Waals surface area contributed by atoms with Gasteiger partial charge in [-0.3, -0.25) is 9.59 Å². The highest BCUT2D eigenvalue weighted by Crippen LogP contribution is 2.41. The minimum absolute atomic E-state index is 0.0473. The van der Waals surface area contributed by atoms with Crippen molar-refractivity contribution in [2.45, 2.75) is 31.9 Å². The molecule has 2 unspecified atom stereocenters. The van der Waals surface area contributed by atoms with Crippen LogP contribution in [0.3, 0.4) is 0 Å². The number of amides is 1. The summed E-state index contributed by atoms with van der Waals surface area (Å²) in [6, 6.07) is 21.2. The second kappa shape index (κ2) is 10.5. The summed E-state index contributed by atoms with van der Waals surface area (Å²) in [6.07, 6.45) is 1.31. The van der Waals surface area contributed by atoms with E-state index in [0.717, 1.165) is 11.3 Å². The fourth-order valence-electron chi connectivity index (χ4n) is 4.93. The lowest BCUT2D eigenvalue weighted by atomic mass is 9.94. The van der Waals surface area contributed by atoms with Gasteiger partial charge in [-0.05, 0) is 66.9 Å². The van der Waals surface area contributed by atoms with Gasteiger partial charge in [0, 0.05) is 32.2 Å². The second-order valence-electron chi connectivity index (χ2n) is 9.28. The van der Waals surface area contributed by atoms with Crippen LogP contribution in [0.2, 0.25) is 0 Å². The Balaban J connectivity index is 1.57. The normalized spacial score (nSPS) is 20.1. The maximum atomic E-state index is 13.3. The Morgan fingerprint density at radius 2 is 1.81 bits per heavy atom. The van der Waals surface area contributed by atoms with Crippen LogP contribution in [-0.4, -0.2) is 48.1 Å². The van der Waals surface area contributed by atoms with Crippen LogP contribution in [0.4, 0.5) is 0 Å². The van der Waals surface area contributed by atoms with Crippen LogP contribution in [0.5, 0.6) is 17.2 Å². The van der Waals surface area contributed by atoms with Gasteiger partial charge in [0.25, 0.3) is 11.7 Å². The largest absolute Gasteiger partial charge is 0.507 e. The molecule has 0 radical (unpaired) electrons. The third-order valence-corrected chi connectivity index (χ3v) is 6.61. The molecule has 0 bridgehead atoms. The third kappa shape index (κ3) is 4.95. The van der Waals surface area contributed by atoms with Gasteiger partial charge in [0.05, 0.1) is 11.6 Å². The fourth-order valence-corrected chi connectivity index (χ4v) is 4.93. The predicted octanol–water partition coefficient (Wildman–Crippen LogP) is 5.26. The number of Topliss-reactive ketones (excluding diaryl/α,β-unsaturated/α-hetero) is 1. The van der Waals surface area contributed by atoms with E-state index in [-0.39, 0.29) is 17.4 Å². The number of fused-ring (bicyclic) bond motifs is 1. The van der Waals surface area contributed by atoms with Crippen LogP contribution >= 0.6 is 0 Å². The molecule has 0 aromatic heterocycles. The minimum Gasteiger partial charge on any atom is -0.507 e. The Morgan fingerprint density at radius 3 is 2.59 bits per heavy atom. The van der Waals surface area contributed by atoms with Gasteiger partial charge in [0.15, 0.2) is 0 Å². The van der Waals surface area contributed by atoms with E-state index in [9.17, 15) is 14.7 Å². The van der Waals surface area contributed by atoms with E-state index in [1.54, 1.807) is 25.3 Å². The van der Waals surface area contributed by atoms with Gasteiger partial charge in [-0.15, -0.1) is 0 Å². The lowest BCUT2D eigenvalue weighted by molar-refractivity contribution is -0.140. The summed E-state index contributed by atoms with van der Waals surface area (Å²) in [7, 11) is 1.59. The quantitative estimate of drug-likeness (QED) is 0.197. The van der Waals surface area contributed by atoms with Gasteiger partial charge < -0.3 is 24.2 Å². The molecule has 7 nitrogen and oxygen atoms in total. The number of rotatable bonds is 8. The van der Waals surface area contributed by atoms with Crippen LogP contribution in [0.25, 0.3) is 5.76 Å². The molecule has 2 heterocycles. The average molecular weight is 500 g/mol. The molecule has 0 spiro atoms. The minimum atomic E-state index is -0.764. The number of carbonyl (C=O) groups is 2. The summed E-state index contributed by atoms with van der Waals surface area (Å²) in [4.78, 5) is 28.0. The van der Waals surface area contributed by atoms with E-state index in [4.69, 9.17) is 14.2 Å². The highest BCUT2D eigenvalue weighted by molar-refractivity contribution is 6.46. The van der Waals surface area contributed by atoms with Crippen LogP contribution in [-0.2, 0) is 20.7 Å². The molecule has 3 aromatic carbocycles. The number of nitrogens with zero attached hydrogens (tertiary/aromatic N) is 1. The number of likely N-dealkylation sites (tertiary alicyclic amines) is 1. The number of benzene rings is 3. The molecule has 0 aliphatic carbocycles. The zero-order valence-electron chi connectivity index (χ0n) is 20.8. The van der Waals surface area contributed by atoms with Crippen molar-refractivity contribution >= 4 is 17.4 Å². The first kappa shape index (κ1) is 24.6. The molecule has 2 atom stereocenters. The molecule has 1 amide bonds. The maximum absolute atomic E-state index is 13.3. The van der Waals surface area contributed by atoms with E-state index < -0.39 is 17.7 Å². The van der Waals surface area contributed by atoms with Crippen molar-refractivity contribution in [2.24, 2.45) is 0 Å². The monoisotopic (exact) mass is 499 g/mol. The van der Waals surface area contributed by atoms with Crippen molar-refractivity contribution < 1.29 is 28.9 Å². The van der Waals surface area contributed by atoms with Crippen molar-refractivity contribution in [1.29, 1.82) is 0 Å². The molecule has 2 aliphatic heterocycles. The topological polar surface area (TPSA) is 85.3 Å². The molecule has 1 fully saturated rings. The molecular formula is C30H29NO6. The summed E-state index contributed by atoms with van der Waals surface area (Å²) in [5, 5.41) is 11.4. The number of carbonyl (C=O) groups excluding carboxylic acids is 2. The van der Waals surface area contributed by atoms with Gasteiger partial charge in [-0.2, -0.15) is 0 Å². The summed E-state index contributed by atoms with van der Waals surface area (Å²) in [5.41, 5.74) is 2.17. The van der Waals surface area contributed by atoms with Crippen LogP contribution < -0.4 is 9.47 Å². The van der Waals surface area contributed by atoms with Gasteiger partial charge in [0.1, 0.15) is 29.1 Å². The number of ketones is 1. The SMILES string of the molecule is COCCCN1C(=O)C(=O)/C(=C(/O)c2ccc3c(c2)CC(C)O3)C1c1cccc(Oc2ccccc2)c1. The Kier molecular flexibility index (Phi) is 6.97. The summed E-state index contributed by atoms with van der Waals surface area (Å²) in [5.74, 6) is 0.452. The average Bonchev–Trinajstić information content (AvgIpc) is 3.40. The summed E-state index contributed by atoms with van der Waals surface area (Å²) in [6.45, 7) is 2.73. The Morgan fingerprint density at radius 1 is 1.03 bits per heavy atom. The van der Waals surface area contributed by atoms with Gasteiger partial charge in [-0.1, -0.05) is 30.3 Å². The molecule has 5 rings (SSSR count). The first-order valence-corrected chi connectivity index (χ1v) is 12.4. The van der Waals surface area contributed by atoms with Gasteiger partial charge >= 0.3 is 0 Å². The Hall–Kier alpha value is -4.10. The number of hydrogen-bond acceptors (Lipinski definition) is 6. The molecule has 1 saturated heterocycles. The highest BCUT2D eigenvalue weighted by atomic mass is 16.5. The highest BCUT2D eigenvalue weighted by Gasteiger charge is 2.46. The van der Waals surface area contributed by atoms with Crippen LogP contribution in [0.15, 0.2) is 78.4 Å². The number of ether oxygens (including phenoxy) is 3. The van der Waals surface area contributed by atoms with E-state index >= 15 is 0 Å². The number of methoxy groups -OCH3 is 1. The number of aliphatic hydroxyl groups is 1. The molecule has 2 aliphatic rings. The van der Waals surface area contributed by atoms with E-state index in [2.05, 4.69) is 0 Å². The van der Waals surface area contributed by atoms with Crippen LogP contribution in [0.1, 0.15) is 36.1 Å². The summed E-state index contributed by atoms with van der Waals surface area (Å²) < 4.78 is 17.0. The van der Waals surface area contributed by atoms with Gasteiger partial charge in [0.2, 0.25) is 0 Å². The Bertz CT molecular complexity index is 1350. The molecule has 190 valence electrons. The van der Waals surface area contributed by atoms with Crippen molar-refractivity contribution in [1.82, 2.24) is 4.90 Å². The third-order valence-electron chi connectivity index (χ3n) is 6.61. The first-order valence-electron chi connectivity index (χ1n) is 12.4. The van der Waals surface area contributed by atoms with E-state index in [1.165, 1.54) is 4.90 Å².